The first-order valence-electron chi connectivity index (χ1n) is 7.58. The summed E-state index contributed by atoms with van der Waals surface area (Å²) < 4.78 is 40.3. The predicted octanol–water partition coefficient (Wildman–Crippen LogP) is 1.98. The number of nitrogens with zero attached hydrogens (tertiary/aromatic N) is 5. The standard InChI is InChI=1S/C15H13F3N6O/c1-8-4-12(15(16,17)18)24-13(21-8)5-10(22-24)14(25)23-3-2-9-11(6-23)20-7-19-9/h4-5,7H,2-3,6H2,1H3,(H,19,20). The average molecular weight is 350 g/mol. The van der Waals surface area contributed by atoms with E-state index in [4.69, 9.17) is 0 Å². The number of imidazole rings is 1. The van der Waals surface area contributed by atoms with Gasteiger partial charge in [-0.25, -0.2) is 14.5 Å². The van der Waals surface area contributed by atoms with Crippen molar-refractivity contribution < 1.29 is 18.0 Å². The van der Waals surface area contributed by atoms with E-state index in [1.54, 1.807) is 6.33 Å². The van der Waals surface area contributed by atoms with Gasteiger partial charge in [0.25, 0.3) is 5.91 Å². The third-order valence-corrected chi connectivity index (χ3v) is 4.13. The van der Waals surface area contributed by atoms with Crippen LogP contribution in [0.3, 0.4) is 0 Å². The Morgan fingerprint density at radius 1 is 1.32 bits per heavy atom. The van der Waals surface area contributed by atoms with E-state index >= 15 is 0 Å². The highest BCUT2D eigenvalue weighted by molar-refractivity contribution is 5.93. The number of rotatable bonds is 1. The van der Waals surface area contributed by atoms with Gasteiger partial charge in [0.15, 0.2) is 11.3 Å². The molecular weight excluding hydrogens is 337 g/mol. The summed E-state index contributed by atoms with van der Waals surface area (Å²) in [4.78, 5) is 25.3. The summed E-state index contributed by atoms with van der Waals surface area (Å²) in [6.07, 6.45) is -2.44. The molecule has 10 heteroatoms. The monoisotopic (exact) mass is 350 g/mol. The molecule has 1 N–H and O–H groups in total. The van der Waals surface area contributed by atoms with Crippen molar-refractivity contribution in [2.45, 2.75) is 26.1 Å². The van der Waals surface area contributed by atoms with Gasteiger partial charge in [-0.15, -0.1) is 0 Å². The van der Waals surface area contributed by atoms with Crippen molar-refractivity contribution in [3.63, 3.8) is 0 Å². The van der Waals surface area contributed by atoms with Crippen molar-refractivity contribution in [1.29, 1.82) is 0 Å². The summed E-state index contributed by atoms with van der Waals surface area (Å²) in [6, 6.07) is 2.19. The number of H-pyrrole nitrogens is 1. The van der Waals surface area contributed by atoms with E-state index in [1.165, 1.54) is 17.9 Å². The molecule has 1 aliphatic heterocycles. The molecule has 0 spiro atoms. The lowest BCUT2D eigenvalue weighted by Crippen LogP contribution is -2.36. The fourth-order valence-electron chi connectivity index (χ4n) is 2.95. The topological polar surface area (TPSA) is 79.2 Å². The molecule has 1 aliphatic rings. The van der Waals surface area contributed by atoms with Gasteiger partial charge in [-0.3, -0.25) is 4.79 Å². The molecule has 130 valence electrons. The van der Waals surface area contributed by atoms with E-state index < -0.39 is 17.8 Å². The number of amides is 1. The quantitative estimate of drug-likeness (QED) is 0.728. The Balaban J connectivity index is 1.72. The molecule has 0 fully saturated rings. The third kappa shape index (κ3) is 2.63. The third-order valence-electron chi connectivity index (χ3n) is 4.13. The minimum absolute atomic E-state index is 0.00471. The number of halogens is 3. The van der Waals surface area contributed by atoms with Gasteiger partial charge < -0.3 is 9.88 Å². The van der Waals surface area contributed by atoms with E-state index in [-0.39, 0.29) is 17.0 Å². The normalized spacial score (nSPS) is 14.8. The Morgan fingerprint density at radius 3 is 2.88 bits per heavy atom. The lowest BCUT2D eigenvalue weighted by molar-refractivity contribution is -0.142. The summed E-state index contributed by atoms with van der Waals surface area (Å²) in [5, 5.41) is 3.86. The molecule has 25 heavy (non-hydrogen) atoms. The van der Waals surface area contributed by atoms with Crippen molar-refractivity contribution in [2.24, 2.45) is 0 Å². The number of fused-ring (bicyclic) bond motifs is 2. The zero-order chi connectivity index (χ0) is 17.8. The van der Waals surface area contributed by atoms with Crippen LogP contribution in [-0.4, -0.2) is 41.9 Å². The first-order valence-corrected chi connectivity index (χ1v) is 7.58. The van der Waals surface area contributed by atoms with Gasteiger partial charge in [0.1, 0.15) is 5.69 Å². The minimum Gasteiger partial charge on any atom is -0.347 e. The summed E-state index contributed by atoms with van der Waals surface area (Å²) in [5.41, 5.74) is 0.910. The largest absolute Gasteiger partial charge is 0.433 e. The highest BCUT2D eigenvalue weighted by atomic mass is 19.4. The zero-order valence-electron chi connectivity index (χ0n) is 13.1. The highest BCUT2D eigenvalue weighted by Gasteiger charge is 2.35. The number of hydrogen-bond acceptors (Lipinski definition) is 4. The van der Waals surface area contributed by atoms with Crippen molar-refractivity contribution in [3.05, 3.63) is 46.9 Å². The van der Waals surface area contributed by atoms with Crippen molar-refractivity contribution >= 4 is 11.6 Å². The van der Waals surface area contributed by atoms with E-state index in [1.807, 2.05) is 0 Å². The number of aromatic nitrogens is 5. The molecule has 0 saturated carbocycles. The Hall–Kier alpha value is -2.91. The molecular formula is C15H13F3N6O. The van der Waals surface area contributed by atoms with Crippen LogP contribution < -0.4 is 0 Å². The van der Waals surface area contributed by atoms with Crippen LogP contribution in [0, 0.1) is 6.92 Å². The van der Waals surface area contributed by atoms with E-state index in [9.17, 15) is 18.0 Å². The fraction of sp³-hybridized carbons (Fsp3) is 0.333. The van der Waals surface area contributed by atoms with Crippen LogP contribution in [-0.2, 0) is 19.1 Å². The van der Waals surface area contributed by atoms with Crippen LogP contribution in [0.2, 0.25) is 0 Å². The van der Waals surface area contributed by atoms with Gasteiger partial charge in [0.05, 0.1) is 24.3 Å². The Labute approximate surface area is 139 Å². The molecule has 3 aromatic rings. The molecule has 0 bridgehead atoms. The van der Waals surface area contributed by atoms with Crippen LogP contribution in [0.15, 0.2) is 18.5 Å². The summed E-state index contributed by atoms with van der Waals surface area (Å²) in [7, 11) is 0. The van der Waals surface area contributed by atoms with Crippen molar-refractivity contribution in [3.8, 4) is 0 Å². The SMILES string of the molecule is Cc1cc(C(F)(F)F)n2nc(C(=O)N3CCc4nc[nH]c4C3)cc2n1. The number of nitrogens with one attached hydrogen (secondary N) is 1. The maximum atomic E-state index is 13.2. The second kappa shape index (κ2) is 5.30. The van der Waals surface area contributed by atoms with Crippen LogP contribution in [0.4, 0.5) is 13.2 Å². The molecule has 0 atom stereocenters. The van der Waals surface area contributed by atoms with Gasteiger partial charge in [0.2, 0.25) is 0 Å². The fourth-order valence-corrected chi connectivity index (χ4v) is 2.95. The number of aromatic amines is 1. The molecule has 3 aromatic heterocycles. The van der Waals surface area contributed by atoms with E-state index in [0.717, 1.165) is 17.5 Å². The average Bonchev–Trinajstić information content (AvgIpc) is 3.17. The Kier molecular flexibility index (Phi) is 3.31. The number of aryl methyl sites for hydroxylation is 1. The Bertz CT molecular complexity index is 973. The first kappa shape index (κ1) is 15.6. The van der Waals surface area contributed by atoms with Crippen molar-refractivity contribution in [1.82, 2.24) is 29.5 Å². The van der Waals surface area contributed by atoms with E-state index in [2.05, 4.69) is 20.1 Å². The lowest BCUT2D eigenvalue weighted by Gasteiger charge is -2.25. The van der Waals surface area contributed by atoms with E-state index in [0.29, 0.717) is 24.0 Å². The van der Waals surface area contributed by atoms with Gasteiger partial charge in [-0.05, 0) is 13.0 Å². The molecule has 0 saturated heterocycles. The van der Waals surface area contributed by atoms with Crippen molar-refractivity contribution in [2.75, 3.05) is 6.54 Å². The zero-order valence-corrected chi connectivity index (χ0v) is 13.1. The molecule has 1 amide bonds. The van der Waals surface area contributed by atoms with Gasteiger partial charge in [0, 0.05) is 24.7 Å². The lowest BCUT2D eigenvalue weighted by atomic mass is 10.1. The molecule has 0 radical (unpaired) electrons. The highest BCUT2D eigenvalue weighted by Crippen LogP contribution is 2.30. The molecule has 0 unspecified atom stereocenters. The maximum Gasteiger partial charge on any atom is 0.433 e. The van der Waals surface area contributed by atoms with Crippen LogP contribution in [0.1, 0.15) is 33.3 Å². The number of hydrogen-bond donors (Lipinski definition) is 1. The van der Waals surface area contributed by atoms with Crippen LogP contribution in [0.5, 0.6) is 0 Å². The maximum absolute atomic E-state index is 13.2. The summed E-state index contributed by atoms with van der Waals surface area (Å²) >= 11 is 0. The predicted molar refractivity (Wildman–Crippen MR) is 79.8 cm³/mol. The van der Waals surface area contributed by atoms with Gasteiger partial charge >= 0.3 is 6.18 Å². The number of carbonyl (C=O) groups is 1. The smallest absolute Gasteiger partial charge is 0.347 e. The van der Waals surface area contributed by atoms with Gasteiger partial charge in [-0.1, -0.05) is 0 Å². The molecule has 0 aliphatic carbocycles. The Morgan fingerprint density at radius 2 is 2.12 bits per heavy atom. The number of alkyl halides is 3. The van der Waals surface area contributed by atoms with Crippen LogP contribution >= 0.6 is 0 Å². The van der Waals surface area contributed by atoms with Crippen LogP contribution in [0.25, 0.3) is 5.65 Å². The first-order chi connectivity index (χ1) is 11.8. The molecule has 4 heterocycles. The van der Waals surface area contributed by atoms with Gasteiger partial charge in [-0.2, -0.15) is 18.3 Å². The minimum atomic E-state index is -4.59. The molecule has 4 rings (SSSR count). The molecule has 7 nitrogen and oxygen atoms in total. The number of carbonyl (C=O) groups excluding carboxylic acids is 1. The summed E-state index contributed by atoms with van der Waals surface area (Å²) in [5.74, 6) is -0.434. The second-order valence-corrected chi connectivity index (χ2v) is 5.88. The summed E-state index contributed by atoms with van der Waals surface area (Å²) in [6.45, 7) is 2.22. The second-order valence-electron chi connectivity index (χ2n) is 5.88. The molecule has 0 aromatic carbocycles.